The molecule has 328 valence electrons. The van der Waals surface area contributed by atoms with Gasteiger partial charge >= 0.3 is 349 Å². The normalized spacial score (nSPS) is 14.5. The molecule has 0 aliphatic carbocycles. The van der Waals surface area contributed by atoms with Gasteiger partial charge in [0.15, 0.2) is 0 Å². The summed E-state index contributed by atoms with van der Waals surface area (Å²) in [5.41, 5.74) is 14.7. The minimum absolute atomic E-state index is 0.0112. The minimum atomic E-state index is -0.175. The van der Waals surface area contributed by atoms with Gasteiger partial charge in [-0.1, -0.05) is 20.8 Å². The van der Waals surface area contributed by atoms with Crippen molar-refractivity contribution in [1.82, 2.24) is 14.1 Å². The summed E-state index contributed by atoms with van der Waals surface area (Å²) >= 11 is 2.53. The second-order valence-electron chi connectivity index (χ2n) is 20.4. The monoisotopic (exact) mass is 1020 g/mol. The standard InChI is InChI=1S/C58H58N4O.Pt/c1-39-28-30-60(54-35-42(27-29-59-54)56(2,3)4)53-37-46(25-26-48(39)53)63-47-32-43(57(5,6)7)31-45(36-47)61-38-62(52-24-18-17-23-51(52)61)55-49(40-19-13-11-14-20-40)33-44(58(8,9)10)34-50(55)41-21-15-12-16-22-41;/h11-27,29,31-35,39H,28,30H2,1-10H3;/q-2;. The number of ether oxygens (including phenoxy) is 1. The van der Waals surface area contributed by atoms with Crippen LogP contribution >= 0.6 is 0 Å². The first-order valence-corrected chi connectivity index (χ1v) is 23.6. The SMILES string of the molecule is CC1CCN(c2cc(C(C)(C)C)ccn2)c2[c-]c(Oc3[c-]c(-n4[c](=[Pt])n(-c5c(-c6ccccc6)cc(C(C)(C)C)cc5-c5ccccc5)c5ccccc54)cc(C(C)(C)C)c3)ccc21. The van der Waals surface area contributed by atoms with Crippen LogP contribution < -0.4 is 9.64 Å². The van der Waals surface area contributed by atoms with E-state index in [2.05, 4.69) is 248 Å². The van der Waals surface area contributed by atoms with Gasteiger partial charge in [0.1, 0.15) is 0 Å². The summed E-state index contributed by atoms with van der Waals surface area (Å²) in [5, 5.41) is 0. The Morgan fingerprint density at radius 2 is 1.16 bits per heavy atom. The molecule has 9 rings (SSSR count). The average molecular weight is 1020 g/mol. The predicted molar refractivity (Wildman–Crippen MR) is 261 cm³/mol. The van der Waals surface area contributed by atoms with Gasteiger partial charge in [-0.2, -0.15) is 0 Å². The molecular weight excluding hydrogens is 964 g/mol. The molecule has 0 amide bonds. The molecule has 64 heavy (non-hydrogen) atoms. The van der Waals surface area contributed by atoms with Crippen molar-refractivity contribution in [2.45, 2.75) is 97.8 Å². The van der Waals surface area contributed by atoms with Gasteiger partial charge in [0.05, 0.1) is 0 Å². The number of benzene rings is 6. The number of hydrogen-bond donors (Lipinski definition) is 0. The van der Waals surface area contributed by atoms with Crippen molar-refractivity contribution in [2.24, 2.45) is 0 Å². The third kappa shape index (κ3) is 8.36. The second-order valence-corrected chi connectivity index (χ2v) is 21.4. The van der Waals surface area contributed by atoms with Gasteiger partial charge < -0.3 is 0 Å². The van der Waals surface area contributed by atoms with E-state index in [1.54, 1.807) is 0 Å². The van der Waals surface area contributed by atoms with Gasteiger partial charge in [-0.25, -0.2) is 0 Å². The number of aromatic nitrogens is 3. The van der Waals surface area contributed by atoms with Crippen LogP contribution in [0.1, 0.15) is 104 Å². The summed E-state index contributed by atoms with van der Waals surface area (Å²) < 4.78 is 12.7. The summed E-state index contributed by atoms with van der Waals surface area (Å²) in [6.07, 6.45) is 2.97. The molecule has 2 aromatic heterocycles. The number of anilines is 2. The van der Waals surface area contributed by atoms with Gasteiger partial charge in [-0.15, -0.1) is 0 Å². The molecule has 0 bridgehead atoms. The third-order valence-corrected chi connectivity index (χ3v) is 13.7. The fourth-order valence-corrected chi connectivity index (χ4v) is 9.88. The molecule has 0 N–H and O–H groups in total. The molecule has 1 aliphatic rings. The van der Waals surface area contributed by atoms with E-state index in [0.717, 1.165) is 56.2 Å². The third-order valence-electron chi connectivity index (χ3n) is 12.6. The van der Waals surface area contributed by atoms with Crippen molar-refractivity contribution >= 4 is 22.5 Å². The summed E-state index contributed by atoms with van der Waals surface area (Å²) in [4.78, 5) is 7.18. The first kappa shape index (κ1) is 43.5. The maximum atomic E-state index is 6.90. The molecule has 0 saturated heterocycles. The number of fused-ring (bicyclic) bond motifs is 2. The van der Waals surface area contributed by atoms with E-state index < -0.39 is 0 Å². The number of nitrogens with zero attached hydrogens (tertiary/aromatic N) is 4. The molecule has 1 aliphatic heterocycles. The van der Waals surface area contributed by atoms with E-state index in [0.29, 0.717) is 17.4 Å². The van der Waals surface area contributed by atoms with E-state index in [4.69, 9.17) is 9.72 Å². The summed E-state index contributed by atoms with van der Waals surface area (Å²) in [6.45, 7) is 23.6. The number of pyridine rings is 1. The number of para-hydroxylation sites is 2. The van der Waals surface area contributed by atoms with Crippen LogP contribution in [0.5, 0.6) is 11.5 Å². The van der Waals surface area contributed by atoms with E-state index >= 15 is 0 Å². The molecular formula is C58H58N4OPt-2. The van der Waals surface area contributed by atoms with Crippen LogP contribution in [0.2, 0.25) is 0 Å². The predicted octanol–water partition coefficient (Wildman–Crippen LogP) is 15.2. The van der Waals surface area contributed by atoms with Crippen molar-refractivity contribution in [3.63, 3.8) is 0 Å². The van der Waals surface area contributed by atoms with Crippen molar-refractivity contribution in [1.29, 1.82) is 0 Å². The van der Waals surface area contributed by atoms with Gasteiger partial charge in [0.25, 0.3) is 0 Å². The Morgan fingerprint density at radius 1 is 0.594 bits per heavy atom. The molecule has 0 saturated carbocycles. The fourth-order valence-electron chi connectivity index (χ4n) is 8.80. The number of imidazole rings is 1. The molecule has 6 aromatic carbocycles. The summed E-state index contributed by atoms with van der Waals surface area (Å²) in [7, 11) is 0. The molecule has 1 unspecified atom stereocenters. The van der Waals surface area contributed by atoms with Crippen LogP contribution in [-0.2, 0) is 35.6 Å². The fraction of sp³-hybridized carbons (Fsp3) is 0.276. The zero-order valence-corrected chi connectivity index (χ0v) is 41.1. The Hall–Kier alpha value is -5.77. The molecule has 0 spiro atoms. The Bertz CT molecular complexity index is 3010. The van der Waals surface area contributed by atoms with E-state index in [-0.39, 0.29) is 16.2 Å². The molecule has 0 fully saturated rings. The average Bonchev–Trinajstić information content (AvgIpc) is 3.56. The molecule has 6 heteroatoms. The molecule has 5 nitrogen and oxygen atoms in total. The Balaban J connectivity index is 1.23. The van der Waals surface area contributed by atoms with Crippen LogP contribution in [0.4, 0.5) is 11.5 Å². The van der Waals surface area contributed by atoms with Crippen LogP contribution in [-0.4, -0.2) is 20.7 Å². The topological polar surface area (TPSA) is 35.2 Å². The van der Waals surface area contributed by atoms with Crippen molar-refractivity contribution in [3.05, 3.63) is 178 Å². The Morgan fingerprint density at radius 3 is 1.75 bits per heavy atom. The van der Waals surface area contributed by atoms with Crippen LogP contribution in [0.25, 0.3) is 44.7 Å². The zero-order chi connectivity index (χ0) is 45.1. The van der Waals surface area contributed by atoms with Crippen LogP contribution in [0, 0.1) is 15.9 Å². The van der Waals surface area contributed by atoms with Crippen molar-refractivity contribution < 1.29 is 24.1 Å². The molecule has 3 heterocycles. The van der Waals surface area contributed by atoms with Crippen LogP contribution in [0.3, 0.4) is 0 Å². The zero-order valence-electron chi connectivity index (χ0n) is 38.8. The van der Waals surface area contributed by atoms with Gasteiger partial charge in [-0.3, -0.25) is 0 Å². The Labute approximate surface area is 390 Å². The quantitative estimate of drug-likeness (QED) is 0.149. The van der Waals surface area contributed by atoms with E-state index in [1.165, 1.54) is 38.9 Å². The molecule has 8 aromatic rings. The summed E-state index contributed by atoms with van der Waals surface area (Å²) in [6, 6.07) is 55.7. The maximum absolute atomic E-state index is 6.90. The van der Waals surface area contributed by atoms with Crippen LogP contribution in [0.15, 0.2) is 140 Å². The summed E-state index contributed by atoms with van der Waals surface area (Å²) in [5.74, 6) is 2.64. The second kappa shape index (κ2) is 16.7. The molecule has 0 radical (unpaired) electrons. The first-order valence-electron chi connectivity index (χ1n) is 22.5. The van der Waals surface area contributed by atoms with Gasteiger partial charge in [0.2, 0.25) is 0 Å². The van der Waals surface area contributed by atoms with E-state index in [9.17, 15) is 0 Å². The van der Waals surface area contributed by atoms with Gasteiger partial charge in [0, 0.05) is 6.20 Å². The van der Waals surface area contributed by atoms with Gasteiger partial charge in [-0.05, 0) is 17.0 Å². The Kier molecular flexibility index (Phi) is 11.3. The molecule has 1 atom stereocenters. The number of hydrogen-bond acceptors (Lipinski definition) is 3. The first-order chi connectivity index (χ1) is 30.5. The van der Waals surface area contributed by atoms with Crippen molar-refractivity contribution in [3.8, 4) is 45.1 Å². The number of rotatable bonds is 7. The van der Waals surface area contributed by atoms with Crippen molar-refractivity contribution in [2.75, 3.05) is 11.4 Å². The van der Waals surface area contributed by atoms with E-state index in [1.807, 2.05) is 6.20 Å².